The summed E-state index contributed by atoms with van der Waals surface area (Å²) >= 11 is 3.45. The molecule has 1 aromatic heterocycles. The highest BCUT2D eigenvalue weighted by Gasteiger charge is 2.28. The number of carbonyl (C=O) groups is 2. The standard InChI is InChI=1S/C22H20BrN3O2/c23-16-9-7-14(8-10-16)20-12-18(17-5-1-2-6-19(17)25-20)22(28)26-11-3-4-15(13-26)21(24)27/h1-2,5-10,12,15H,3-4,11,13H2,(H2,24,27). The molecule has 0 spiro atoms. The van der Waals surface area contributed by atoms with E-state index in [0.717, 1.165) is 39.5 Å². The lowest BCUT2D eigenvalue weighted by Crippen LogP contribution is -2.44. The summed E-state index contributed by atoms with van der Waals surface area (Å²) < 4.78 is 0.985. The average Bonchev–Trinajstić information content (AvgIpc) is 2.73. The maximum atomic E-state index is 13.4. The minimum Gasteiger partial charge on any atom is -0.369 e. The lowest BCUT2D eigenvalue weighted by Gasteiger charge is -2.31. The zero-order valence-corrected chi connectivity index (χ0v) is 16.9. The number of para-hydroxylation sites is 1. The fourth-order valence-corrected chi connectivity index (χ4v) is 3.95. The third-order valence-corrected chi connectivity index (χ3v) is 5.73. The molecule has 1 atom stereocenters. The van der Waals surface area contributed by atoms with Crippen molar-refractivity contribution < 1.29 is 9.59 Å². The number of halogens is 1. The number of amides is 2. The van der Waals surface area contributed by atoms with Crippen molar-refractivity contribution in [2.24, 2.45) is 11.7 Å². The molecule has 2 heterocycles. The summed E-state index contributed by atoms with van der Waals surface area (Å²) in [6.07, 6.45) is 1.52. The second-order valence-corrected chi connectivity index (χ2v) is 7.99. The van der Waals surface area contributed by atoms with Gasteiger partial charge in [0.05, 0.1) is 22.7 Å². The molecule has 6 heteroatoms. The van der Waals surface area contributed by atoms with Gasteiger partial charge in [-0.1, -0.05) is 46.3 Å². The van der Waals surface area contributed by atoms with Crippen molar-refractivity contribution in [3.63, 3.8) is 0 Å². The number of aromatic nitrogens is 1. The van der Waals surface area contributed by atoms with E-state index in [-0.39, 0.29) is 17.7 Å². The largest absolute Gasteiger partial charge is 0.369 e. The van der Waals surface area contributed by atoms with Gasteiger partial charge in [-0.15, -0.1) is 0 Å². The number of carbonyl (C=O) groups excluding carboxylic acids is 2. The molecule has 2 aromatic carbocycles. The third kappa shape index (κ3) is 3.64. The Kier molecular flexibility index (Phi) is 5.13. The number of primary amides is 1. The number of likely N-dealkylation sites (tertiary alicyclic amines) is 1. The van der Waals surface area contributed by atoms with Crippen LogP contribution in [0.4, 0.5) is 0 Å². The van der Waals surface area contributed by atoms with Crippen LogP contribution in [-0.4, -0.2) is 34.8 Å². The Morgan fingerprint density at radius 2 is 1.86 bits per heavy atom. The quantitative estimate of drug-likeness (QED) is 0.672. The number of nitrogens with two attached hydrogens (primary N) is 1. The molecule has 0 bridgehead atoms. The van der Waals surface area contributed by atoms with Gasteiger partial charge in [0, 0.05) is 28.5 Å². The number of hydrogen-bond donors (Lipinski definition) is 1. The summed E-state index contributed by atoms with van der Waals surface area (Å²) in [5.74, 6) is -0.702. The number of piperidine rings is 1. The summed E-state index contributed by atoms with van der Waals surface area (Å²) in [6, 6.07) is 17.3. The fourth-order valence-electron chi connectivity index (χ4n) is 3.69. The van der Waals surface area contributed by atoms with Gasteiger partial charge in [0.1, 0.15) is 0 Å². The first-order valence-corrected chi connectivity index (χ1v) is 10.1. The van der Waals surface area contributed by atoms with Crippen molar-refractivity contribution in [2.45, 2.75) is 12.8 Å². The Labute approximate surface area is 171 Å². The molecule has 28 heavy (non-hydrogen) atoms. The van der Waals surface area contributed by atoms with Crippen molar-refractivity contribution in [1.82, 2.24) is 9.88 Å². The monoisotopic (exact) mass is 437 g/mol. The molecule has 1 aliphatic heterocycles. The Balaban J connectivity index is 1.77. The van der Waals surface area contributed by atoms with Crippen LogP contribution in [0.2, 0.25) is 0 Å². The molecule has 2 amide bonds. The molecule has 3 aromatic rings. The maximum absolute atomic E-state index is 13.4. The Morgan fingerprint density at radius 1 is 1.11 bits per heavy atom. The minimum absolute atomic E-state index is 0.0806. The van der Waals surface area contributed by atoms with E-state index in [1.165, 1.54) is 0 Å². The van der Waals surface area contributed by atoms with E-state index in [4.69, 9.17) is 10.7 Å². The molecule has 4 rings (SSSR count). The topological polar surface area (TPSA) is 76.3 Å². The number of nitrogens with zero attached hydrogens (tertiary/aromatic N) is 2. The molecule has 142 valence electrons. The zero-order chi connectivity index (χ0) is 19.7. The Hall–Kier alpha value is -2.73. The Morgan fingerprint density at radius 3 is 2.61 bits per heavy atom. The van der Waals surface area contributed by atoms with E-state index in [2.05, 4.69) is 15.9 Å². The van der Waals surface area contributed by atoms with E-state index < -0.39 is 0 Å². The first-order valence-electron chi connectivity index (χ1n) is 9.27. The lowest BCUT2D eigenvalue weighted by molar-refractivity contribution is -0.123. The van der Waals surface area contributed by atoms with Gasteiger partial charge in [-0.3, -0.25) is 9.59 Å². The molecule has 1 fully saturated rings. The normalized spacial score (nSPS) is 16.9. The lowest BCUT2D eigenvalue weighted by atomic mass is 9.96. The van der Waals surface area contributed by atoms with Crippen LogP contribution in [0.3, 0.4) is 0 Å². The van der Waals surface area contributed by atoms with Gasteiger partial charge in [-0.25, -0.2) is 4.98 Å². The van der Waals surface area contributed by atoms with E-state index in [1.807, 2.05) is 54.6 Å². The van der Waals surface area contributed by atoms with Crippen molar-refractivity contribution in [2.75, 3.05) is 13.1 Å². The Bertz CT molecular complexity index is 1050. The number of pyridine rings is 1. The molecule has 2 N–H and O–H groups in total. The second kappa shape index (κ2) is 7.72. The zero-order valence-electron chi connectivity index (χ0n) is 15.3. The first-order chi connectivity index (χ1) is 13.5. The van der Waals surface area contributed by atoms with Gasteiger partial charge in [0.15, 0.2) is 0 Å². The van der Waals surface area contributed by atoms with Gasteiger partial charge in [-0.05, 0) is 37.1 Å². The predicted octanol–water partition coefficient (Wildman–Crippen LogP) is 4.00. The molecule has 5 nitrogen and oxygen atoms in total. The SMILES string of the molecule is NC(=O)C1CCCN(C(=O)c2cc(-c3ccc(Br)cc3)nc3ccccc23)C1. The van der Waals surface area contributed by atoms with Gasteiger partial charge in [0.25, 0.3) is 5.91 Å². The highest BCUT2D eigenvalue weighted by molar-refractivity contribution is 9.10. The van der Waals surface area contributed by atoms with Gasteiger partial charge < -0.3 is 10.6 Å². The minimum atomic E-state index is -0.340. The first kappa shape index (κ1) is 18.6. The molecule has 1 unspecified atom stereocenters. The molecule has 0 radical (unpaired) electrons. The van der Waals surface area contributed by atoms with Gasteiger partial charge >= 0.3 is 0 Å². The smallest absolute Gasteiger partial charge is 0.254 e. The molecule has 0 saturated carbocycles. The van der Waals surface area contributed by atoms with Crippen molar-refractivity contribution in [3.8, 4) is 11.3 Å². The van der Waals surface area contributed by atoms with Crippen LogP contribution in [-0.2, 0) is 4.79 Å². The maximum Gasteiger partial charge on any atom is 0.254 e. The number of hydrogen-bond acceptors (Lipinski definition) is 3. The summed E-state index contributed by atoms with van der Waals surface area (Å²) in [4.78, 5) is 31.5. The van der Waals surface area contributed by atoms with Crippen molar-refractivity contribution in [1.29, 1.82) is 0 Å². The van der Waals surface area contributed by atoms with Crippen LogP contribution in [0.15, 0.2) is 59.1 Å². The summed E-state index contributed by atoms with van der Waals surface area (Å²) in [7, 11) is 0. The second-order valence-electron chi connectivity index (χ2n) is 7.07. The summed E-state index contributed by atoms with van der Waals surface area (Å²) in [5, 5.41) is 0.814. The average molecular weight is 438 g/mol. The summed E-state index contributed by atoms with van der Waals surface area (Å²) in [6.45, 7) is 1.01. The van der Waals surface area contributed by atoms with Crippen LogP contribution in [0.5, 0.6) is 0 Å². The third-order valence-electron chi connectivity index (χ3n) is 5.20. The fraction of sp³-hybridized carbons (Fsp3) is 0.227. The van der Waals surface area contributed by atoms with Crippen LogP contribution in [0, 0.1) is 5.92 Å². The molecule has 0 aliphatic carbocycles. The highest BCUT2D eigenvalue weighted by Crippen LogP contribution is 2.28. The van der Waals surface area contributed by atoms with Crippen molar-refractivity contribution >= 4 is 38.6 Å². The van der Waals surface area contributed by atoms with Crippen LogP contribution in [0.1, 0.15) is 23.2 Å². The highest BCUT2D eigenvalue weighted by atomic mass is 79.9. The van der Waals surface area contributed by atoms with E-state index in [1.54, 1.807) is 4.90 Å². The number of rotatable bonds is 3. The molecular weight excluding hydrogens is 418 g/mol. The number of fused-ring (bicyclic) bond motifs is 1. The molecule has 1 saturated heterocycles. The van der Waals surface area contributed by atoms with Gasteiger partial charge in [-0.2, -0.15) is 0 Å². The number of benzene rings is 2. The molecular formula is C22H20BrN3O2. The van der Waals surface area contributed by atoms with E-state index in [0.29, 0.717) is 18.7 Å². The van der Waals surface area contributed by atoms with E-state index in [9.17, 15) is 9.59 Å². The predicted molar refractivity (Wildman–Crippen MR) is 113 cm³/mol. The molecule has 1 aliphatic rings. The van der Waals surface area contributed by atoms with Crippen LogP contribution < -0.4 is 5.73 Å². The summed E-state index contributed by atoms with van der Waals surface area (Å²) in [5.41, 5.74) is 8.55. The van der Waals surface area contributed by atoms with E-state index >= 15 is 0 Å². The van der Waals surface area contributed by atoms with Crippen LogP contribution in [0.25, 0.3) is 22.2 Å². The van der Waals surface area contributed by atoms with Crippen LogP contribution >= 0.6 is 15.9 Å². The van der Waals surface area contributed by atoms with Crippen molar-refractivity contribution in [3.05, 3.63) is 64.6 Å². The van der Waals surface area contributed by atoms with Gasteiger partial charge in [0.2, 0.25) is 5.91 Å².